The van der Waals surface area contributed by atoms with Crippen LogP contribution in [0.1, 0.15) is 24.8 Å². The first-order valence-corrected chi connectivity index (χ1v) is 8.83. The van der Waals surface area contributed by atoms with Crippen LogP contribution < -0.4 is 15.8 Å². The highest BCUT2D eigenvalue weighted by Crippen LogP contribution is 2.31. The van der Waals surface area contributed by atoms with E-state index in [9.17, 15) is 18.0 Å². The van der Waals surface area contributed by atoms with E-state index >= 15 is 0 Å². The van der Waals surface area contributed by atoms with Gasteiger partial charge in [-0.3, -0.25) is 9.79 Å². The number of primary amides is 1. The van der Waals surface area contributed by atoms with Crippen molar-refractivity contribution in [3.8, 4) is 5.75 Å². The van der Waals surface area contributed by atoms with Gasteiger partial charge < -0.3 is 20.7 Å². The SMILES string of the molecule is CN=C(NCCOc1cccc(C(F)(F)F)c1)N1CCCC(CC(N)=O)C1.I. The minimum Gasteiger partial charge on any atom is -0.492 e. The molecule has 1 aliphatic rings. The van der Waals surface area contributed by atoms with Crippen molar-refractivity contribution in [1.82, 2.24) is 10.2 Å². The minimum absolute atomic E-state index is 0. The first-order valence-electron chi connectivity index (χ1n) is 8.83. The highest BCUT2D eigenvalue weighted by atomic mass is 127. The van der Waals surface area contributed by atoms with Gasteiger partial charge in [0.15, 0.2) is 5.96 Å². The number of amides is 1. The van der Waals surface area contributed by atoms with Crippen LogP contribution in [0.5, 0.6) is 5.75 Å². The number of hydrogen-bond acceptors (Lipinski definition) is 3. The molecule has 0 aliphatic carbocycles. The van der Waals surface area contributed by atoms with Crippen molar-refractivity contribution in [2.24, 2.45) is 16.6 Å². The van der Waals surface area contributed by atoms with Crippen LogP contribution in [0.3, 0.4) is 0 Å². The van der Waals surface area contributed by atoms with Gasteiger partial charge >= 0.3 is 6.18 Å². The summed E-state index contributed by atoms with van der Waals surface area (Å²) in [7, 11) is 1.66. The number of ether oxygens (including phenoxy) is 1. The van der Waals surface area contributed by atoms with Gasteiger partial charge in [0, 0.05) is 26.6 Å². The van der Waals surface area contributed by atoms with Crippen LogP contribution in [-0.2, 0) is 11.0 Å². The van der Waals surface area contributed by atoms with Gasteiger partial charge in [0.1, 0.15) is 12.4 Å². The number of hydrogen-bond donors (Lipinski definition) is 2. The van der Waals surface area contributed by atoms with E-state index in [0.717, 1.165) is 31.5 Å². The van der Waals surface area contributed by atoms with E-state index in [2.05, 4.69) is 15.2 Å². The smallest absolute Gasteiger partial charge is 0.416 e. The molecule has 1 heterocycles. The van der Waals surface area contributed by atoms with Crippen LogP contribution in [0, 0.1) is 5.92 Å². The molecule has 158 valence electrons. The molecule has 1 atom stereocenters. The van der Waals surface area contributed by atoms with E-state index in [1.165, 1.54) is 12.1 Å². The number of carbonyl (C=O) groups is 1. The predicted molar refractivity (Wildman–Crippen MR) is 112 cm³/mol. The number of alkyl halides is 3. The predicted octanol–water partition coefficient (Wildman–Crippen LogP) is 2.87. The Morgan fingerprint density at radius 2 is 2.18 bits per heavy atom. The van der Waals surface area contributed by atoms with E-state index in [1.807, 2.05) is 0 Å². The van der Waals surface area contributed by atoms with E-state index in [-0.39, 0.29) is 48.2 Å². The largest absolute Gasteiger partial charge is 0.492 e. The van der Waals surface area contributed by atoms with Crippen molar-refractivity contribution in [2.75, 3.05) is 33.3 Å². The fourth-order valence-corrected chi connectivity index (χ4v) is 3.13. The second kappa shape index (κ2) is 11.3. The summed E-state index contributed by atoms with van der Waals surface area (Å²) in [4.78, 5) is 17.4. The number of nitrogens with two attached hydrogens (primary N) is 1. The molecular formula is C18H26F3IN4O2. The van der Waals surface area contributed by atoms with Crippen LogP contribution in [0.4, 0.5) is 13.2 Å². The zero-order chi connectivity index (χ0) is 19.9. The molecule has 0 bridgehead atoms. The Balaban J connectivity index is 0.00000392. The molecule has 1 aromatic rings. The van der Waals surface area contributed by atoms with Crippen LogP contribution in [0.25, 0.3) is 0 Å². The molecular weight excluding hydrogens is 488 g/mol. The molecule has 0 saturated carbocycles. The molecule has 2 rings (SSSR count). The van der Waals surface area contributed by atoms with Gasteiger partial charge in [-0.25, -0.2) is 0 Å². The van der Waals surface area contributed by atoms with Gasteiger partial charge in [-0.2, -0.15) is 13.2 Å². The molecule has 1 fully saturated rings. The fourth-order valence-electron chi connectivity index (χ4n) is 3.13. The Morgan fingerprint density at radius 1 is 1.43 bits per heavy atom. The summed E-state index contributed by atoms with van der Waals surface area (Å²) in [6, 6.07) is 4.79. The third kappa shape index (κ3) is 7.72. The normalized spacial score (nSPS) is 17.6. The monoisotopic (exact) mass is 514 g/mol. The van der Waals surface area contributed by atoms with E-state index in [0.29, 0.717) is 25.5 Å². The number of aliphatic imine (C=N–C) groups is 1. The number of guanidine groups is 1. The van der Waals surface area contributed by atoms with Crippen molar-refractivity contribution in [3.63, 3.8) is 0 Å². The summed E-state index contributed by atoms with van der Waals surface area (Å²) in [5.74, 6) is 0.744. The Kier molecular flexibility index (Phi) is 9.83. The maximum absolute atomic E-state index is 12.7. The lowest BCUT2D eigenvalue weighted by Gasteiger charge is -2.34. The molecule has 10 heteroatoms. The minimum atomic E-state index is -4.39. The number of benzene rings is 1. The molecule has 1 amide bonds. The van der Waals surface area contributed by atoms with Gasteiger partial charge in [-0.1, -0.05) is 6.07 Å². The van der Waals surface area contributed by atoms with Crippen molar-refractivity contribution in [2.45, 2.75) is 25.4 Å². The second-order valence-electron chi connectivity index (χ2n) is 6.47. The molecule has 6 nitrogen and oxygen atoms in total. The number of halogens is 4. The summed E-state index contributed by atoms with van der Waals surface area (Å²) in [5.41, 5.74) is 4.54. The van der Waals surface area contributed by atoms with Gasteiger partial charge in [-0.05, 0) is 37.0 Å². The van der Waals surface area contributed by atoms with Crippen LogP contribution in [-0.4, -0.2) is 50.1 Å². The zero-order valence-corrected chi connectivity index (χ0v) is 18.0. The average molecular weight is 514 g/mol. The number of piperidine rings is 1. The molecule has 0 spiro atoms. The first-order chi connectivity index (χ1) is 12.8. The molecule has 1 aromatic carbocycles. The summed E-state index contributed by atoms with van der Waals surface area (Å²) in [5, 5.41) is 3.14. The van der Waals surface area contributed by atoms with Gasteiger partial charge in [-0.15, -0.1) is 24.0 Å². The second-order valence-corrected chi connectivity index (χ2v) is 6.47. The Bertz CT molecular complexity index is 670. The quantitative estimate of drug-likeness (QED) is 0.265. The van der Waals surface area contributed by atoms with Crippen LogP contribution in [0.2, 0.25) is 0 Å². The van der Waals surface area contributed by atoms with Crippen molar-refractivity contribution in [3.05, 3.63) is 29.8 Å². The molecule has 0 radical (unpaired) electrons. The standard InChI is InChI=1S/C18H25F3N4O2.HI/c1-23-17(25-8-3-4-13(12-25)10-16(22)26)24-7-9-27-15-6-2-5-14(11-15)18(19,20)21;/h2,5-6,11,13H,3-4,7-10,12H2,1H3,(H2,22,26)(H,23,24);1H. The third-order valence-electron chi connectivity index (χ3n) is 4.34. The highest BCUT2D eigenvalue weighted by Gasteiger charge is 2.30. The third-order valence-corrected chi connectivity index (χ3v) is 4.34. The van der Waals surface area contributed by atoms with Crippen molar-refractivity contribution < 1.29 is 22.7 Å². The van der Waals surface area contributed by atoms with Crippen molar-refractivity contribution in [1.29, 1.82) is 0 Å². The summed E-state index contributed by atoms with van der Waals surface area (Å²) < 4.78 is 43.5. The topological polar surface area (TPSA) is 80.0 Å². The number of nitrogens with one attached hydrogen (secondary N) is 1. The van der Waals surface area contributed by atoms with E-state index < -0.39 is 11.7 Å². The molecule has 0 aromatic heterocycles. The van der Waals surface area contributed by atoms with E-state index in [4.69, 9.17) is 10.5 Å². The maximum atomic E-state index is 12.7. The van der Waals surface area contributed by atoms with E-state index in [1.54, 1.807) is 7.05 Å². The van der Waals surface area contributed by atoms with Gasteiger partial charge in [0.25, 0.3) is 0 Å². The lowest BCUT2D eigenvalue weighted by atomic mass is 9.95. The number of carbonyl (C=O) groups excluding carboxylic acids is 1. The summed E-state index contributed by atoms with van der Waals surface area (Å²) in [6.07, 6.45) is -2.14. The molecule has 1 aliphatic heterocycles. The highest BCUT2D eigenvalue weighted by molar-refractivity contribution is 14.0. The van der Waals surface area contributed by atoms with Crippen LogP contribution >= 0.6 is 24.0 Å². The number of nitrogens with zero attached hydrogens (tertiary/aromatic N) is 2. The Labute approximate surface area is 179 Å². The average Bonchev–Trinajstić information content (AvgIpc) is 2.61. The molecule has 1 unspecified atom stereocenters. The first kappa shape index (κ1) is 24.3. The van der Waals surface area contributed by atoms with Crippen molar-refractivity contribution >= 4 is 35.8 Å². The van der Waals surface area contributed by atoms with Gasteiger partial charge in [0.2, 0.25) is 5.91 Å². The molecule has 1 saturated heterocycles. The lowest BCUT2D eigenvalue weighted by Crippen LogP contribution is -2.48. The number of rotatable bonds is 6. The number of likely N-dealkylation sites (tertiary alicyclic amines) is 1. The Hall–Kier alpha value is -1.72. The fraction of sp³-hybridized carbons (Fsp3) is 0.556. The molecule has 28 heavy (non-hydrogen) atoms. The van der Waals surface area contributed by atoms with Crippen LogP contribution in [0.15, 0.2) is 29.3 Å². The van der Waals surface area contributed by atoms with Gasteiger partial charge in [0.05, 0.1) is 12.1 Å². The Morgan fingerprint density at radius 3 is 2.82 bits per heavy atom. The lowest BCUT2D eigenvalue weighted by molar-refractivity contribution is -0.137. The summed E-state index contributed by atoms with van der Waals surface area (Å²) >= 11 is 0. The summed E-state index contributed by atoms with van der Waals surface area (Å²) in [6.45, 7) is 2.10. The maximum Gasteiger partial charge on any atom is 0.416 e. The molecule has 3 N–H and O–H groups in total. The zero-order valence-electron chi connectivity index (χ0n) is 15.7.